The molecule has 0 aliphatic carbocycles. The molecule has 1 atom stereocenters. The molecule has 0 saturated heterocycles. The van der Waals surface area contributed by atoms with Gasteiger partial charge in [0.15, 0.2) is 10.9 Å². The first-order chi connectivity index (χ1) is 18.5. The van der Waals surface area contributed by atoms with Gasteiger partial charge in [0.2, 0.25) is 5.91 Å². The van der Waals surface area contributed by atoms with E-state index in [1.165, 1.54) is 29.4 Å². The molecule has 190 valence electrons. The smallest absolute Gasteiger partial charge is 0.291 e. The van der Waals surface area contributed by atoms with E-state index in [0.717, 1.165) is 16.0 Å². The Bertz CT molecular complexity index is 1570. The minimum atomic E-state index is -0.565. The summed E-state index contributed by atoms with van der Waals surface area (Å²) in [6.07, 6.45) is 1.44. The maximum atomic E-state index is 13.5. The molecule has 2 amide bonds. The highest BCUT2D eigenvalue weighted by atomic mass is 35.5. The lowest BCUT2D eigenvalue weighted by atomic mass is 10.1. The number of benzene rings is 3. The first-order valence-electron chi connectivity index (χ1n) is 11.3. The third-order valence-corrected chi connectivity index (χ3v) is 8.13. The van der Waals surface area contributed by atoms with Gasteiger partial charge < -0.3 is 15.1 Å². The number of thioether (sulfide) groups is 1. The molecule has 5 aromatic rings. The number of anilines is 2. The number of rotatable bonds is 8. The third kappa shape index (κ3) is 6.28. The van der Waals surface area contributed by atoms with Crippen LogP contribution in [-0.4, -0.2) is 16.8 Å². The van der Waals surface area contributed by atoms with Crippen LogP contribution in [0.15, 0.2) is 106 Å². The SMILES string of the molecule is O=C(Nc1cccc(SC(C(=O)Nc2nc(-c3ccc(Cl)c(Cl)c3)cs2)c2ccccc2)c1)c1ccco1. The third-order valence-electron chi connectivity index (χ3n) is 5.38. The maximum absolute atomic E-state index is 13.5. The van der Waals surface area contributed by atoms with Gasteiger partial charge in [-0.3, -0.25) is 9.59 Å². The molecular weight excluding hydrogens is 561 g/mol. The molecule has 2 heterocycles. The predicted octanol–water partition coefficient (Wildman–Crippen LogP) is 8.43. The van der Waals surface area contributed by atoms with E-state index in [1.54, 1.807) is 30.3 Å². The number of hydrogen-bond donors (Lipinski definition) is 2. The standard InChI is InChI=1S/C28H19Cl2N3O3S2/c29-21-12-11-18(14-22(21)30)23-16-37-28(32-23)33-27(35)25(17-6-2-1-3-7-17)38-20-9-4-8-19(15-20)31-26(34)24-10-5-13-36-24/h1-16,25H,(H,31,34)(H,32,33,35). The topological polar surface area (TPSA) is 84.2 Å². The second kappa shape index (κ2) is 11.9. The largest absolute Gasteiger partial charge is 0.459 e. The number of nitrogens with zero attached hydrogens (tertiary/aromatic N) is 1. The second-order valence-electron chi connectivity index (χ2n) is 8.02. The summed E-state index contributed by atoms with van der Waals surface area (Å²) in [6, 6.07) is 25.3. The zero-order valence-corrected chi connectivity index (χ0v) is 22.7. The van der Waals surface area contributed by atoms with Gasteiger partial charge in [0, 0.05) is 21.5 Å². The average molecular weight is 581 g/mol. The van der Waals surface area contributed by atoms with Gasteiger partial charge in [-0.05, 0) is 48.0 Å². The number of carbonyl (C=O) groups excluding carboxylic acids is 2. The number of furan rings is 1. The molecule has 2 N–H and O–H groups in total. The molecule has 5 rings (SSSR count). The quantitative estimate of drug-likeness (QED) is 0.180. The van der Waals surface area contributed by atoms with Gasteiger partial charge in [-0.15, -0.1) is 23.1 Å². The number of nitrogens with one attached hydrogen (secondary N) is 2. The molecule has 38 heavy (non-hydrogen) atoms. The first-order valence-corrected chi connectivity index (χ1v) is 13.9. The Morgan fingerprint density at radius 1 is 0.895 bits per heavy atom. The van der Waals surface area contributed by atoms with Crippen molar-refractivity contribution < 1.29 is 14.0 Å². The fourth-order valence-corrected chi connectivity index (χ4v) is 5.68. The molecule has 0 spiro atoms. The van der Waals surface area contributed by atoms with Crippen molar-refractivity contribution in [3.05, 3.63) is 118 Å². The Hall–Kier alpha value is -3.56. The van der Waals surface area contributed by atoms with Crippen molar-refractivity contribution >= 4 is 68.9 Å². The predicted molar refractivity (Wildman–Crippen MR) is 154 cm³/mol. The highest BCUT2D eigenvalue weighted by Crippen LogP contribution is 2.38. The van der Waals surface area contributed by atoms with Crippen molar-refractivity contribution in [3.8, 4) is 11.3 Å². The van der Waals surface area contributed by atoms with Crippen LogP contribution in [-0.2, 0) is 4.79 Å². The van der Waals surface area contributed by atoms with E-state index >= 15 is 0 Å². The van der Waals surface area contributed by atoms with Crippen molar-refractivity contribution in [2.45, 2.75) is 10.1 Å². The molecule has 6 nitrogen and oxygen atoms in total. The highest BCUT2D eigenvalue weighted by molar-refractivity contribution is 8.00. The van der Waals surface area contributed by atoms with Gasteiger partial charge in [0.25, 0.3) is 5.91 Å². The summed E-state index contributed by atoms with van der Waals surface area (Å²) in [5.41, 5.74) is 2.92. The van der Waals surface area contributed by atoms with Crippen LogP contribution in [0.5, 0.6) is 0 Å². The Morgan fingerprint density at radius 2 is 1.74 bits per heavy atom. The zero-order chi connectivity index (χ0) is 26.5. The van der Waals surface area contributed by atoms with Crippen LogP contribution in [0, 0.1) is 0 Å². The number of aromatic nitrogens is 1. The summed E-state index contributed by atoms with van der Waals surface area (Å²) >= 11 is 14.9. The molecule has 0 aliphatic heterocycles. The van der Waals surface area contributed by atoms with Gasteiger partial charge in [-0.1, -0.05) is 65.7 Å². The molecule has 0 radical (unpaired) electrons. The Morgan fingerprint density at radius 3 is 2.50 bits per heavy atom. The molecular formula is C28H19Cl2N3O3S2. The van der Waals surface area contributed by atoms with Gasteiger partial charge in [0.1, 0.15) is 5.25 Å². The minimum Gasteiger partial charge on any atom is -0.459 e. The van der Waals surface area contributed by atoms with Crippen molar-refractivity contribution in [2.75, 3.05) is 10.6 Å². The van der Waals surface area contributed by atoms with E-state index < -0.39 is 5.25 Å². The summed E-state index contributed by atoms with van der Waals surface area (Å²) in [6.45, 7) is 0. The molecule has 0 fully saturated rings. The van der Waals surface area contributed by atoms with Crippen LogP contribution in [0.1, 0.15) is 21.4 Å². The van der Waals surface area contributed by atoms with Crippen LogP contribution >= 0.6 is 46.3 Å². The second-order valence-corrected chi connectivity index (χ2v) is 10.9. The van der Waals surface area contributed by atoms with Gasteiger partial charge >= 0.3 is 0 Å². The van der Waals surface area contributed by atoms with Crippen LogP contribution in [0.25, 0.3) is 11.3 Å². The van der Waals surface area contributed by atoms with Gasteiger partial charge in [-0.2, -0.15) is 0 Å². The van der Waals surface area contributed by atoms with Gasteiger partial charge in [0.05, 0.1) is 22.0 Å². The first kappa shape index (κ1) is 26.1. The fraction of sp³-hybridized carbons (Fsp3) is 0.0357. The van der Waals surface area contributed by atoms with E-state index in [9.17, 15) is 9.59 Å². The van der Waals surface area contributed by atoms with Crippen LogP contribution in [0.3, 0.4) is 0 Å². The lowest BCUT2D eigenvalue weighted by molar-refractivity contribution is -0.115. The maximum Gasteiger partial charge on any atom is 0.291 e. The van der Waals surface area contributed by atoms with E-state index in [1.807, 2.05) is 60.0 Å². The van der Waals surface area contributed by atoms with Crippen molar-refractivity contribution in [2.24, 2.45) is 0 Å². The molecule has 0 saturated carbocycles. The Balaban J connectivity index is 1.34. The lowest BCUT2D eigenvalue weighted by Crippen LogP contribution is -2.19. The summed E-state index contributed by atoms with van der Waals surface area (Å²) in [5, 5.41) is 8.43. The fourth-order valence-electron chi connectivity index (χ4n) is 3.57. The number of halogens is 2. The van der Waals surface area contributed by atoms with Crippen molar-refractivity contribution in [1.29, 1.82) is 0 Å². The molecule has 0 aliphatic rings. The number of hydrogen-bond acceptors (Lipinski definition) is 6. The van der Waals surface area contributed by atoms with Crippen molar-refractivity contribution in [3.63, 3.8) is 0 Å². The summed E-state index contributed by atoms with van der Waals surface area (Å²) < 4.78 is 5.16. The zero-order valence-electron chi connectivity index (χ0n) is 19.6. The van der Waals surface area contributed by atoms with E-state index in [-0.39, 0.29) is 17.6 Å². The monoisotopic (exact) mass is 579 g/mol. The number of thiazole rings is 1. The van der Waals surface area contributed by atoms with Crippen LogP contribution in [0.2, 0.25) is 10.0 Å². The van der Waals surface area contributed by atoms with Crippen LogP contribution in [0.4, 0.5) is 10.8 Å². The normalized spacial score (nSPS) is 11.6. The minimum absolute atomic E-state index is 0.216. The van der Waals surface area contributed by atoms with Crippen molar-refractivity contribution in [1.82, 2.24) is 4.98 Å². The summed E-state index contributed by atoms with van der Waals surface area (Å²) in [4.78, 5) is 31.3. The summed E-state index contributed by atoms with van der Waals surface area (Å²) in [5.74, 6) is -0.356. The number of amides is 2. The summed E-state index contributed by atoms with van der Waals surface area (Å²) in [7, 11) is 0. The molecule has 0 bridgehead atoms. The number of carbonyl (C=O) groups is 2. The molecule has 1 unspecified atom stereocenters. The Kier molecular flexibility index (Phi) is 8.14. The average Bonchev–Trinajstić information content (AvgIpc) is 3.63. The lowest BCUT2D eigenvalue weighted by Gasteiger charge is -2.17. The van der Waals surface area contributed by atoms with E-state index in [4.69, 9.17) is 27.6 Å². The Labute approximate surface area is 237 Å². The highest BCUT2D eigenvalue weighted by Gasteiger charge is 2.23. The van der Waals surface area contributed by atoms with E-state index in [0.29, 0.717) is 26.6 Å². The van der Waals surface area contributed by atoms with Gasteiger partial charge in [-0.25, -0.2) is 4.98 Å². The molecule has 2 aromatic heterocycles. The van der Waals surface area contributed by atoms with E-state index in [2.05, 4.69) is 15.6 Å². The molecule has 3 aromatic carbocycles. The van der Waals surface area contributed by atoms with Crippen LogP contribution < -0.4 is 10.6 Å². The molecule has 10 heteroatoms.